The van der Waals surface area contributed by atoms with E-state index >= 15 is 0 Å². The van der Waals surface area contributed by atoms with Gasteiger partial charge in [-0.05, 0) is 30.7 Å². The molecule has 0 bridgehead atoms. The number of hydrogen-bond acceptors (Lipinski definition) is 4. The second-order valence-corrected chi connectivity index (χ2v) is 4.51. The van der Waals surface area contributed by atoms with Crippen LogP contribution in [0.25, 0.3) is 0 Å². The average Bonchev–Trinajstić information content (AvgIpc) is 2.50. The van der Waals surface area contributed by atoms with Crippen LogP contribution in [-0.4, -0.2) is 17.9 Å². The first kappa shape index (κ1) is 14.7. The summed E-state index contributed by atoms with van der Waals surface area (Å²) in [5.41, 5.74) is 1.47. The highest BCUT2D eigenvalue weighted by atomic mass is 19.1. The molecule has 2 rings (SSSR count). The minimum atomic E-state index is -1.07. The molecule has 0 saturated carbocycles. The predicted molar refractivity (Wildman–Crippen MR) is 74.6 cm³/mol. The molecular formula is C16H13FN2O2. The molecule has 1 unspecified atom stereocenters. The van der Waals surface area contributed by atoms with E-state index in [1.165, 1.54) is 19.2 Å². The molecule has 5 heteroatoms. The molecule has 0 aliphatic carbocycles. The van der Waals surface area contributed by atoms with Crippen LogP contribution in [0.4, 0.5) is 4.39 Å². The number of pyridine rings is 1. The number of methoxy groups -OCH3 is 1. The number of nitrogens with zero attached hydrogens (tertiary/aromatic N) is 2. The summed E-state index contributed by atoms with van der Waals surface area (Å²) in [7, 11) is 1.51. The van der Waals surface area contributed by atoms with Gasteiger partial charge in [0.25, 0.3) is 0 Å². The van der Waals surface area contributed by atoms with Crippen molar-refractivity contribution in [1.29, 1.82) is 5.26 Å². The second-order valence-electron chi connectivity index (χ2n) is 4.51. The van der Waals surface area contributed by atoms with Gasteiger partial charge in [-0.3, -0.25) is 9.78 Å². The first-order chi connectivity index (χ1) is 10.1. The van der Waals surface area contributed by atoms with Crippen LogP contribution in [0.15, 0.2) is 36.5 Å². The number of ketones is 1. The van der Waals surface area contributed by atoms with E-state index in [0.29, 0.717) is 11.3 Å². The number of carbonyl (C=O) groups excluding carboxylic acids is 1. The van der Waals surface area contributed by atoms with E-state index in [0.717, 1.165) is 11.8 Å². The van der Waals surface area contributed by atoms with Gasteiger partial charge in [0.05, 0.1) is 25.1 Å². The van der Waals surface area contributed by atoms with E-state index in [2.05, 4.69) is 4.98 Å². The molecule has 0 saturated heterocycles. The second kappa shape index (κ2) is 6.14. The third kappa shape index (κ3) is 3.06. The van der Waals surface area contributed by atoms with E-state index in [-0.39, 0.29) is 5.69 Å². The zero-order valence-electron chi connectivity index (χ0n) is 11.6. The normalized spacial score (nSPS) is 11.5. The maximum absolute atomic E-state index is 12.9. The Labute approximate surface area is 121 Å². The summed E-state index contributed by atoms with van der Waals surface area (Å²) in [6.07, 6.45) is 0.989. The van der Waals surface area contributed by atoms with Crippen LogP contribution < -0.4 is 4.74 Å². The Balaban J connectivity index is 2.37. The molecule has 1 heterocycles. The molecule has 1 aromatic carbocycles. The lowest BCUT2D eigenvalue weighted by molar-refractivity contribution is 0.0977. The summed E-state index contributed by atoms with van der Waals surface area (Å²) in [6, 6.07) is 9.40. The number of halogens is 1. The molecule has 0 fully saturated rings. The molecule has 0 spiro atoms. The lowest BCUT2D eigenvalue weighted by Gasteiger charge is -2.10. The minimum Gasteiger partial charge on any atom is -0.496 e. The Morgan fingerprint density at radius 1 is 1.38 bits per heavy atom. The first-order valence-electron chi connectivity index (χ1n) is 6.26. The fourth-order valence-electron chi connectivity index (χ4n) is 1.96. The monoisotopic (exact) mass is 284 g/mol. The lowest BCUT2D eigenvalue weighted by atomic mass is 9.94. The van der Waals surface area contributed by atoms with E-state index in [1.54, 1.807) is 18.2 Å². The van der Waals surface area contributed by atoms with Gasteiger partial charge < -0.3 is 4.74 Å². The van der Waals surface area contributed by atoms with Gasteiger partial charge in [-0.15, -0.1) is 0 Å². The van der Waals surface area contributed by atoms with Gasteiger partial charge in [-0.2, -0.15) is 5.26 Å². The number of rotatable bonds is 4. The number of benzene rings is 1. The number of ether oxygens (including phenoxy) is 1. The van der Waals surface area contributed by atoms with E-state index in [9.17, 15) is 14.4 Å². The molecule has 0 N–H and O–H groups in total. The highest BCUT2D eigenvalue weighted by molar-refractivity contribution is 6.02. The molecule has 0 amide bonds. The molecule has 0 aliphatic heterocycles. The number of aryl methyl sites for hydroxylation is 1. The third-order valence-electron chi connectivity index (χ3n) is 3.13. The van der Waals surface area contributed by atoms with E-state index in [1.807, 2.05) is 13.0 Å². The number of hydrogen-bond donors (Lipinski definition) is 0. The molecule has 21 heavy (non-hydrogen) atoms. The molecule has 1 atom stereocenters. The Hall–Kier alpha value is -2.74. The molecule has 4 nitrogen and oxygen atoms in total. The molecular weight excluding hydrogens is 271 g/mol. The van der Waals surface area contributed by atoms with Crippen molar-refractivity contribution in [1.82, 2.24) is 4.98 Å². The fourth-order valence-corrected chi connectivity index (χ4v) is 1.96. The van der Waals surface area contributed by atoms with Crippen LogP contribution in [0.3, 0.4) is 0 Å². The summed E-state index contributed by atoms with van der Waals surface area (Å²) in [5, 5.41) is 9.23. The number of carbonyl (C=O) groups is 1. The topological polar surface area (TPSA) is 63.0 Å². The third-order valence-corrected chi connectivity index (χ3v) is 3.13. The number of aromatic nitrogens is 1. The summed E-state index contributed by atoms with van der Waals surface area (Å²) in [5.74, 6) is -1.41. The zero-order chi connectivity index (χ0) is 15.4. The highest BCUT2D eigenvalue weighted by Gasteiger charge is 2.23. The number of Topliss-reactive ketones (excluding diaryl/α,β-unsaturated/α-hetero) is 1. The standard InChI is InChI=1S/C16H13FN2O2/c1-10-3-4-11(7-15(10)21-2)16(20)13(8-18)14-6-5-12(17)9-19-14/h3-7,9,13H,1-2H3. The molecule has 2 aromatic rings. The fraction of sp³-hybridized carbons (Fsp3) is 0.188. The zero-order valence-corrected chi connectivity index (χ0v) is 11.6. The molecule has 0 aliphatic rings. The lowest BCUT2D eigenvalue weighted by Crippen LogP contribution is -2.13. The van der Waals surface area contributed by atoms with Crippen LogP contribution in [-0.2, 0) is 0 Å². The first-order valence-corrected chi connectivity index (χ1v) is 6.26. The Morgan fingerprint density at radius 3 is 2.71 bits per heavy atom. The van der Waals surface area contributed by atoms with Gasteiger partial charge in [0.1, 0.15) is 11.6 Å². The molecule has 0 radical (unpaired) electrons. The maximum atomic E-state index is 12.9. The van der Waals surface area contributed by atoms with Crippen molar-refractivity contribution in [3.63, 3.8) is 0 Å². The van der Waals surface area contributed by atoms with Gasteiger partial charge in [0.15, 0.2) is 11.7 Å². The van der Waals surface area contributed by atoms with Gasteiger partial charge >= 0.3 is 0 Å². The maximum Gasteiger partial charge on any atom is 0.186 e. The average molecular weight is 284 g/mol. The SMILES string of the molecule is COc1cc(C(=O)C(C#N)c2ccc(F)cn2)ccc1C. The van der Waals surface area contributed by atoms with Crippen molar-refractivity contribution in [3.05, 3.63) is 59.2 Å². The van der Waals surface area contributed by atoms with Crippen molar-refractivity contribution < 1.29 is 13.9 Å². The van der Waals surface area contributed by atoms with E-state index in [4.69, 9.17) is 4.74 Å². The van der Waals surface area contributed by atoms with Crippen LogP contribution in [0.2, 0.25) is 0 Å². The smallest absolute Gasteiger partial charge is 0.186 e. The van der Waals surface area contributed by atoms with Gasteiger partial charge in [0, 0.05) is 5.56 Å². The summed E-state index contributed by atoms with van der Waals surface area (Å²) < 4.78 is 18.0. The summed E-state index contributed by atoms with van der Waals surface area (Å²) in [4.78, 5) is 16.2. The van der Waals surface area contributed by atoms with Gasteiger partial charge in [0.2, 0.25) is 0 Å². The van der Waals surface area contributed by atoms with Crippen LogP contribution in [0, 0.1) is 24.1 Å². The predicted octanol–water partition coefficient (Wildman–Crippen LogP) is 3.03. The van der Waals surface area contributed by atoms with E-state index < -0.39 is 17.5 Å². The van der Waals surface area contributed by atoms with Crippen LogP contribution in [0.5, 0.6) is 5.75 Å². The largest absolute Gasteiger partial charge is 0.496 e. The van der Waals surface area contributed by atoms with Crippen molar-refractivity contribution >= 4 is 5.78 Å². The van der Waals surface area contributed by atoms with Gasteiger partial charge in [-0.1, -0.05) is 12.1 Å². The van der Waals surface area contributed by atoms with Crippen molar-refractivity contribution in [2.24, 2.45) is 0 Å². The number of nitriles is 1. The highest BCUT2D eigenvalue weighted by Crippen LogP contribution is 2.24. The van der Waals surface area contributed by atoms with Crippen molar-refractivity contribution in [2.75, 3.05) is 7.11 Å². The Morgan fingerprint density at radius 2 is 2.14 bits per heavy atom. The minimum absolute atomic E-state index is 0.225. The van der Waals surface area contributed by atoms with Crippen LogP contribution >= 0.6 is 0 Å². The Bertz CT molecular complexity index is 705. The van der Waals surface area contributed by atoms with Crippen molar-refractivity contribution in [2.45, 2.75) is 12.8 Å². The summed E-state index contributed by atoms with van der Waals surface area (Å²) >= 11 is 0. The Kier molecular flexibility index (Phi) is 4.29. The quantitative estimate of drug-likeness (QED) is 0.809. The van der Waals surface area contributed by atoms with Gasteiger partial charge in [-0.25, -0.2) is 4.39 Å². The molecule has 106 valence electrons. The van der Waals surface area contributed by atoms with Crippen LogP contribution in [0.1, 0.15) is 27.5 Å². The molecule has 1 aromatic heterocycles. The van der Waals surface area contributed by atoms with Crippen molar-refractivity contribution in [3.8, 4) is 11.8 Å². The summed E-state index contributed by atoms with van der Waals surface area (Å²) in [6.45, 7) is 1.86.